The number of carbonyl (C=O) groups is 1. The third kappa shape index (κ3) is 5.48. The molecule has 0 heterocycles. The molecule has 0 aromatic heterocycles. The molecule has 0 aliphatic rings. The molecule has 0 radical (unpaired) electrons. The molecule has 1 rings (SSSR count). The third-order valence-electron chi connectivity index (χ3n) is 2.92. The minimum Gasteiger partial charge on any atom is -0.497 e. The predicted octanol–water partition coefficient (Wildman–Crippen LogP) is 1.71. The van der Waals surface area contributed by atoms with Crippen LogP contribution in [0.25, 0.3) is 0 Å². The Morgan fingerprint density at radius 1 is 1.35 bits per heavy atom. The van der Waals surface area contributed by atoms with Gasteiger partial charge in [0.15, 0.2) is 0 Å². The average Bonchev–Trinajstić information content (AvgIpc) is 2.49. The van der Waals surface area contributed by atoms with Gasteiger partial charge in [-0.05, 0) is 19.0 Å². The van der Waals surface area contributed by atoms with Crippen molar-refractivity contribution in [1.82, 2.24) is 10.6 Å². The maximum absolute atomic E-state index is 11.1. The zero-order chi connectivity index (χ0) is 14.8. The number of carbonyl (C=O) groups excluding carboxylic acids is 1. The molecule has 0 saturated carbocycles. The van der Waals surface area contributed by atoms with Gasteiger partial charge in [0.1, 0.15) is 11.5 Å². The highest BCUT2D eigenvalue weighted by Gasteiger charge is 2.06. The van der Waals surface area contributed by atoms with Crippen LogP contribution in [0.5, 0.6) is 11.5 Å². The lowest BCUT2D eigenvalue weighted by Gasteiger charge is -2.13. The highest BCUT2D eigenvalue weighted by Crippen LogP contribution is 2.25. The van der Waals surface area contributed by atoms with Crippen molar-refractivity contribution in [3.8, 4) is 11.5 Å². The number of hydrogen-bond donors (Lipinski definition) is 2. The normalized spacial score (nSPS) is 10.2. The summed E-state index contributed by atoms with van der Waals surface area (Å²) in [5.41, 5.74) is 1.09. The molecular formula is C15H24N2O3. The van der Waals surface area contributed by atoms with E-state index in [4.69, 9.17) is 9.47 Å². The predicted molar refractivity (Wildman–Crippen MR) is 79.2 cm³/mol. The van der Waals surface area contributed by atoms with Gasteiger partial charge in [-0.3, -0.25) is 4.79 Å². The fourth-order valence-corrected chi connectivity index (χ4v) is 1.74. The van der Waals surface area contributed by atoms with Gasteiger partial charge in [-0.2, -0.15) is 0 Å². The van der Waals surface area contributed by atoms with Gasteiger partial charge in [0.25, 0.3) is 0 Å². The van der Waals surface area contributed by atoms with Crippen LogP contribution in [0.1, 0.15) is 25.3 Å². The molecule has 20 heavy (non-hydrogen) atoms. The molecule has 0 saturated heterocycles. The van der Waals surface area contributed by atoms with Gasteiger partial charge in [-0.15, -0.1) is 0 Å². The van der Waals surface area contributed by atoms with E-state index in [-0.39, 0.29) is 5.91 Å². The number of hydrogen-bond acceptors (Lipinski definition) is 4. The van der Waals surface area contributed by atoms with E-state index in [0.29, 0.717) is 19.4 Å². The van der Waals surface area contributed by atoms with Crippen LogP contribution in [0.4, 0.5) is 0 Å². The fraction of sp³-hybridized carbons (Fsp3) is 0.533. The Balaban J connectivity index is 2.57. The van der Waals surface area contributed by atoms with Crippen molar-refractivity contribution in [3.05, 3.63) is 23.8 Å². The molecule has 0 unspecified atom stereocenters. The van der Waals surface area contributed by atoms with E-state index in [9.17, 15) is 4.79 Å². The summed E-state index contributed by atoms with van der Waals surface area (Å²) in [5, 5.41) is 5.87. The van der Waals surface area contributed by atoms with Gasteiger partial charge >= 0.3 is 0 Å². The minimum absolute atomic E-state index is 0.0344. The van der Waals surface area contributed by atoms with Crippen molar-refractivity contribution in [1.29, 1.82) is 0 Å². The molecule has 0 aliphatic heterocycles. The summed E-state index contributed by atoms with van der Waals surface area (Å²) in [4.78, 5) is 11.1. The van der Waals surface area contributed by atoms with Crippen molar-refractivity contribution >= 4 is 5.91 Å². The van der Waals surface area contributed by atoms with Crippen LogP contribution in [-0.2, 0) is 11.3 Å². The number of rotatable bonds is 9. The lowest BCUT2D eigenvalue weighted by atomic mass is 10.2. The van der Waals surface area contributed by atoms with Gasteiger partial charge in [-0.25, -0.2) is 0 Å². The van der Waals surface area contributed by atoms with Gasteiger partial charge in [-0.1, -0.05) is 13.0 Å². The van der Waals surface area contributed by atoms with Crippen molar-refractivity contribution in [2.75, 3.05) is 27.3 Å². The highest BCUT2D eigenvalue weighted by atomic mass is 16.5. The van der Waals surface area contributed by atoms with Crippen LogP contribution in [-0.4, -0.2) is 33.2 Å². The first-order valence-electron chi connectivity index (χ1n) is 6.92. The number of amides is 1. The van der Waals surface area contributed by atoms with E-state index >= 15 is 0 Å². The maximum Gasteiger partial charge on any atom is 0.219 e. The molecule has 1 aromatic rings. The van der Waals surface area contributed by atoms with E-state index in [2.05, 4.69) is 17.6 Å². The van der Waals surface area contributed by atoms with Gasteiger partial charge in [0.05, 0.1) is 13.7 Å². The summed E-state index contributed by atoms with van der Waals surface area (Å²) in [6.07, 6.45) is 1.17. The summed E-state index contributed by atoms with van der Waals surface area (Å²) in [5.74, 6) is 1.61. The number of ether oxygens (including phenoxy) is 2. The lowest BCUT2D eigenvalue weighted by molar-refractivity contribution is -0.120. The van der Waals surface area contributed by atoms with Crippen LogP contribution < -0.4 is 20.1 Å². The molecule has 112 valence electrons. The second-order valence-corrected chi connectivity index (χ2v) is 4.38. The maximum atomic E-state index is 11.1. The Hall–Kier alpha value is -1.75. The minimum atomic E-state index is 0.0344. The van der Waals surface area contributed by atoms with Crippen molar-refractivity contribution in [2.24, 2.45) is 0 Å². The third-order valence-corrected chi connectivity index (χ3v) is 2.92. The van der Waals surface area contributed by atoms with Gasteiger partial charge < -0.3 is 20.1 Å². The van der Waals surface area contributed by atoms with Crippen molar-refractivity contribution in [2.45, 2.75) is 26.3 Å². The molecule has 0 atom stereocenters. The largest absolute Gasteiger partial charge is 0.497 e. The molecule has 0 aliphatic carbocycles. The summed E-state index contributed by atoms with van der Waals surface area (Å²) in [6, 6.07) is 5.80. The second kappa shape index (κ2) is 9.20. The van der Waals surface area contributed by atoms with Crippen molar-refractivity contribution in [3.63, 3.8) is 0 Å². The summed E-state index contributed by atoms with van der Waals surface area (Å²) in [6.45, 7) is 4.24. The van der Waals surface area contributed by atoms with Crippen LogP contribution in [0.15, 0.2) is 18.2 Å². The zero-order valence-electron chi connectivity index (χ0n) is 12.5. The molecule has 1 amide bonds. The average molecular weight is 280 g/mol. The van der Waals surface area contributed by atoms with Crippen LogP contribution in [0.2, 0.25) is 0 Å². The smallest absolute Gasteiger partial charge is 0.219 e. The standard InChI is InChI=1S/C15H24N2O3/c1-4-17-11-12-7-8-13(19-3)10-14(12)20-9-5-6-15(18)16-2/h7-8,10,17H,4-6,9,11H2,1-3H3,(H,16,18). The van der Waals surface area contributed by atoms with Crippen molar-refractivity contribution < 1.29 is 14.3 Å². The summed E-state index contributed by atoms with van der Waals surface area (Å²) >= 11 is 0. The van der Waals surface area contributed by atoms with E-state index < -0.39 is 0 Å². The molecule has 5 nitrogen and oxygen atoms in total. The number of methoxy groups -OCH3 is 1. The van der Waals surface area contributed by atoms with Crippen LogP contribution in [0, 0.1) is 0 Å². The summed E-state index contributed by atoms with van der Waals surface area (Å²) in [7, 11) is 3.27. The molecule has 5 heteroatoms. The first kappa shape index (κ1) is 16.3. The zero-order valence-corrected chi connectivity index (χ0v) is 12.5. The quantitative estimate of drug-likeness (QED) is 0.676. The van der Waals surface area contributed by atoms with E-state index in [1.807, 2.05) is 18.2 Å². The van der Waals surface area contributed by atoms with E-state index in [1.54, 1.807) is 14.2 Å². The monoisotopic (exact) mass is 280 g/mol. The molecule has 0 spiro atoms. The fourth-order valence-electron chi connectivity index (χ4n) is 1.74. The van der Waals surface area contributed by atoms with E-state index in [0.717, 1.165) is 30.2 Å². The second-order valence-electron chi connectivity index (χ2n) is 4.38. The van der Waals surface area contributed by atoms with Crippen LogP contribution in [0.3, 0.4) is 0 Å². The lowest BCUT2D eigenvalue weighted by Crippen LogP contribution is -2.18. The first-order chi connectivity index (χ1) is 9.71. The topological polar surface area (TPSA) is 59.6 Å². The molecule has 0 bridgehead atoms. The Kier molecular flexibility index (Phi) is 7.50. The SMILES string of the molecule is CCNCc1ccc(OC)cc1OCCCC(=O)NC. The van der Waals surface area contributed by atoms with Crippen LogP contribution >= 0.6 is 0 Å². The number of nitrogens with one attached hydrogen (secondary N) is 2. The summed E-state index contributed by atoms with van der Waals surface area (Å²) < 4.78 is 11.0. The molecule has 2 N–H and O–H groups in total. The Morgan fingerprint density at radius 3 is 2.80 bits per heavy atom. The molecule has 0 fully saturated rings. The molecular weight excluding hydrogens is 256 g/mol. The highest BCUT2D eigenvalue weighted by molar-refractivity contribution is 5.75. The Bertz CT molecular complexity index is 422. The number of benzene rings is 1. The van der Waals surface area contributed by atoms with Gasteiger partial charge in [0.2, 0.25) is 5.91 Å². The van der Waals surface area contributed by atoms with Gasteiger partial charge in [0, 0.05) is 31.6 Å². The first-order valence-corrected chi connectivity index (χ1v) is 6.92. The Labute approximate surface area is 120 Å². The Morgan fingerprint density at radius 2 is 2.15 bits per heavy atom. The molecule has 1 aromatic carbocycles. The van der Waals surface area contributed by atoms with E-state index in [1.165, 1.54) is 0 Å².